The van der Waals surface area contributed by atoms with Crippen molar-refractivity contribution in [3.8, 4) is 0 Å². The lowest BCUT2D eigenvalue weighted by molar-refractivity contribution is 0.600. The first kappa shape index (κ1) is 14.3. The van der Waals surface area contributed by atoms with Crippen LogP contribution in [-0.2, 0) is 16.6 Å². The molecule has 3 N–H and O–H groups in total. The largest absolute Gasteiger partial charge is 0.381 e. The summed E-state index contributed by atoms with van der Waals surface area (Å²) in [5.74, 6) is -0.497. The van der Waals surface area contributed by atoms with Crippen molar-refractivity contribution in [2.45, 2.75) is 25.3 Å². The van der Waals surface area contributed by atoms with Crippen molar-refractivity contribution >= 4 is 21.5 Å². The number of rotatable bonds is 4. The molecule has 0 atom stereocenters. The molecule has 0 saturated heterocycles. The van der Waals surface area contributed by atoms with Crippen molar-refractivity contribution in [3.05, 3.63) is 35.8 Å². The molecule has 8 heteroatoms. The zero-order valence-electron chi connectivity index (χ0n) is 11.1. The lowest BCUT2D eigenvalue weighted by Crippen LogP contribution is -2.14. The third-order valence-electron chi connectivity index (χ3n) is 2.80. The van der Waals surface area contributed by atoms with Crippen LogP contribution in [0.1, 0.15) is 12.5 Å². The highest BCUT2D eigenvalue weighted by molar-refractivity contribution is 7.92. The normalized spacial score (nSPS) is 11.6. The molecule has 0 aliphatic carbocycles. The van der Waals surface area contributed by atoms with Crippen molar-refractivity contribution < 1.29 is 12.8 Å². The van der Waals surface area contributed by atoms with Crippen LogP contribution in [-0.4, -0.2) is 18.2 Å². The number of nitrogens with one attached hydrogen (secondary N) is 1. The molecule has 2 rings (SSSR count). The number of hydrogen-bond donors (Lipinski definition) is 2. The van der Waals surface area contributed by atoms with Crippen LogP contribution in [0.2, 0.25) is 0 Å². The van der Waals surface area contributed by atoms with Crippen LogP contribution in [0.25, 0.3) is 0 Å². The Bertz CT molecular complexity index is 740. The van der Waals surface area contributed by atoms with E-state index in [1.54, 1.807) is 6.92 Å². The fourth-order valence-corrected chi connectivity index (χ4v) is 2.93. The molecule has 1 aromatic heterocycles. The molecule has 1 aromatic carbocycles. The van der Waals surface area contributed by atoms with E-state index in [2.05, 4.69) is 9.82 Å². The van der Waals surface area contributed by atoms with Crippen LogP contribution in [0.15, 0.2) is 29.3 Å². The lowest BCUT2D eigenvalue weighted by Gasteiger charge is -2.09. The Kier molecular flexibility index (Phi) is 3.67. The second-order valence-electron chi connectivity index (χ2n) is 4.30. The Labute approximate surface area is 116 Å². The van der Waals surface area contributed by atoms with Crippen LogP contribution < -0.4 is 10.5 Å². The van der Waals surface area contributed by atoms with E-state index in [-0.39, 0.29) is 10.7 Å². The molecular formula is C12H15FN4O2S. The van der Waals surface area contributed by atoms with Gasteiger partial charge in [0.15, 0.2) is 5.82 Å². The van der Waals surface area contributed by atoms with Gasteiger partial charge in [-0.1, -0.05) is 0 Å². The molecule has 0 unspecified atom stereocenters. The molecule has 2 aromatic rings. The van der Waals surface area contributed by atoms with Crippen LogP contribution in [0, 0.1) is 12.7 Å². The first-order valence-electron chi connectivity index (χ1n) is 5.95. The Morgan fingerprint density at radius 3 is 2.70 bits per heavy atom. The third kappa shape index (κ3) is 2.74. The lowest BCUT2D eigenvalue weighted by atomic mass is 10.2. The number of nitrogens with zero attached hydrogens (tertiary/aromatic N) is 2. The fraction of sp³-hybridized carbons (Fsp3) is 0.250. The number of nitrogen functional groups attached to an aromatic ring is 1. The molecule has 1 heterocycles. The van der Waals surface area contributed by atoms with Gasteiger partial charge in [0.05, 0.1) is 5.69 Å². The number of nitrogens with two attached hydrogens (primary N) is 1. The zero-order valence-corrected chi connectivity index (χ0v) is 11.9. The van der Waals surface area contributed by atoms with Crippen LogP contribution in [0.4, 0.5) is 15.9 Å². The van der Waals surface area contributed by atoms with Crippen molar-refractivity contribution in [1.29, 1.82) is 0 Å². The van der Waals surface area contributed by atoms with Gasteiger partial charge in [-0.05, 0) is 37.6 Å². The second-order valence-corrected chi connectivity index (χ2v) is 5.95. The number of halogens is 1. The summed E-state index contributed by atoms with van der Waals surface area (Å²) in [7, 11) is -3.85. The topological polar surface area (TPSA) is 90.0 Å². The summed E-state index contributed by atoms with van der Waals surface area (Å²) in [6, 6.07) is 3.79. The summed E-state index contributed by atoms with van der Waals surface area (Å²) >= 11 is 0. The van der Waals surface area contributed by atoms with E-state index in [0.717, 1.165) is 0 Å². The van der Waals surface area contributed by atoms with Gasteiger partial charge in [-0.25, -0.2) is 12.8 Å². The molecule has 20 heavy (non-hydrogen) atoms. The molecule has 108 valence electrons. The smallest absolute Gasteiger partial charge is 0.267 e. The number of aromatic nitrogens is 2. The van der Waals surface area contributed by atoms with E-state index in [1.165, 1.54) is 29.1 Å². The highest BCUT2D eigenvalue weighted by atomic mass is 32.2. The third-order valence-corrected chi connectivity index (χ3v) is 4.18. The van der Waals surface area contributed by atoms with Crippen LogP contribution >= 0.6 is 0 Å². The monoisotopic (exact) mass is 298 g/mol. The highest BCUT2D eigenvalue weighted by Crippen LogP contribution is 2.23. The SMILES string of the molecule is CCn1cc(S(=O)(=O)Nc2ccc(F)cc2C)c(N)n1. The van der Waals surface area contributed by atoms with Gasteiger partial charge in [0, 0.05) is 12.7 Å². The van der Waals surface area contributed by atoms with E-state index < -0.39 is 15.8 Å². The molecule has 0 aliphatic heterocycles. The van der Waals surface area contributed by atoms with E-state index >= 15 is 0 Å². The summed E-state index contributed by atoms with van der Waals surface area (Å²) in [6.07, 6.45) is 1.36. The number of benzene rings is 1. The average molecular weight is 298 g/mol. The van der Waals surface area contributed by atoms with Crippen molar-refractivity contribution in [2.24, 2.45) is 0 Å². The minimum absolute atomic E-state index is 0.0703. The van der Waals surface area contributed by atoms with Gasteiger partial charge in [0.1, 0.15) is 10.7 Å². The minimum atomic E-state index is -3.85. The first-order chi connectivity index (χ1) is 9.33. The van der Waals surface area contributed by atoms with Gasteiger partial charge >= 0.3 is 0 Å². The molecule has 0 spiro atoms. The van der Waals surface area contributed by atoms with Crippen molar-refractivity contribution in [2.75, 3.05) is 10.5 Å². The predicted octanol–water partition coefficient (Wildman–Crippen LogP) is 1.73. The summed E-state index contributed by atoms with van der Waals surface area (Å²) < 4.78 is 41.3. The zero-order chi connectivity index (χ0) is 14.9. The Balaban J connectivity index is 2.38. The molecule has 0 fully saturated rings. The van der Waals surface area contributed by atoms with Gasteiger partial charge in [-0.3, -0.25) is 9.40 Å². The first-order valence-corrected chi connectivity index (χ1v) is 7.43. The number of hydrogen-bond acceptors (Lipinski definition) is 4. The van der Waals surface area contributed by atoms with Crippen molar-refractivity contribution in [1.82, 2.24) is 9.78 Å². The molecule has 0 amide bonds. The van der Waals surface area contributed by atoms with Gasteiger partial charge in [-0.15, -0.1) is 0 Å². The molecule has 0 aliphatic rings. The summed E-state index contributed by atoms with van der Waals surface area (Å²) in [4.78, 5) is -0.0944. The van der Waals surface area contributed by atoms with E-state index in [9.17, 15) is 12.8 Å². The van der Waals surface area contributed by atoms with Gasteiger partial charge in [-0.2, -0.15) is 5.10 Å². The Morgan fingerprint density at radius 1 is 1.45 bits per heavy atom. The second kappa shape index (κ2) is 5.12. The quantitative estimate of drug-likeness (QED) is 0.899. The maximum Gasteiger partial charge on any atom is 0.267 e. The van der Waals surface area contributed by atoms with Gasteiger partial charge < -0.3 is 5.73 Å². The van der Waals surface area contributed by atoms with Crippen LogP contribution in [0.3, 0.4) is 0 Å². The number of sulfonamides is 1. The van der Waals surface area contributed by atoms with E-state index in [1.807, 2.05) is 6.92 Å². The van der Waals surface area contributed by atoms with Gasteiger partial charge in [0.25, 0.3) is 10.0 Å². The summed E-state index contributed by atoms with van der Waals surface area (Å²) in [6.45, 7) is 3.94. The molecule has 6 nitrogen and oxygen atoms in total. The maximum absolute atomic E-state index is 13.0. The molecular weight excluding hydrogens is 283 g/mol. The van der Waals surface area contributed by atoms with E-state index in [0.29, 0.717) is 17.8 Å². The highest BCUT2D eigenvalue weighted by Gasteiger charge is 2.21. The number of aryl methyl sites for hydroxylation is 2. The maximum atomic E-state index is 13.0. The Morgan fingerprint density at radius 2 is 2.15 bits per heavy atom. The molecule has 0 saturated carbocycles. The summed E-state index contributed by atoms with van der Waals surface area (Å²) in [5, 5.41) is 3.89. The standard InChI is InChI=1S/C12H15FN4O2S/c1-3-17-7-11(12(14)15-17)20(18,19)16-10-5-4-9(13)6-8(10)2/h4-7,16H,3H2,1-2H3,(H2,14,15). The average Bonchev–Trinajstić information content (AvgIpc) is 2.75. The minimum Gasteiger partial charge on any atom is -0.381 e. The van der Waals surface area contributed by atoms with Crippen molar-refractivity contribution in [3.63, 3.8) is 0 Å². The molecule has 0 radical (unpaired) electrons. The fourth-order valence-electron chi connectivity index (χ4n) is 1.73. The Hall–Kier alpha value is -2.09. The number of anilines is 2. The predicted molar refractivity (Wildman–Crippen MR) is 74.3 cm³/mol. The van der Waals surface area contributed by atoms with Gasteiger partial charge in [0.2, 0.25) is 0 Å². The summed E-state index contributed by atoms with van der Waals surface area (Å²) in [5.41, 5.74) is 6.39. The van der Waals surface area contributed by atoms with E-state index in [4.69, 9.17) is 5.73 Å². The molecule has 0 bridgehead atoms. The van der Waals surface area contributed by atoms with Crippen LogP contribution in [0.5, 0.6) is 0 Å².